The van der Waals surface area contributed by atoms with Gasteiger partial charge < -0.3 is 0 Å². The number of anilines is 2. The molecule has 1 aromatic carbocycles. The van der Waals surface area contributed by atoms with Gasteiger partial charge in [-0.25, -0.2) is 4.98 Å². The summed E-state index contributed by atoms with van der Waals surface area (Å²) in [4.78, 5) is 19.2. The van der Waals surface area contributed by atoms with E-state index in [1.165, 1.54) is 17.4 Å². The summed E-state index contributed by atoms with van der Waals surface area (Å²) < 4.78 is 1.78. The van der Waals surface area contributed by atoms with Crippen LogP contribution in [0.25, 0.3) is 6.08 Å². The van der Waals surface area contributed by atoms with E-state index in [0.717, 1.165) is 29.2 Å². The van der Waals surface area contributed by atoms with Gasteiger partial charge in [0, 0.05) is 23.6 Å². The monoisotopic (exact) mass is 414 g/mol. The number of hydrogen-bond acceptors (Lipinski definition) is 4. The molecular weight excluding hydrogens is 392 g/mol. The molecule has 5 nitrogen and oxygen atoms in total. The van der Waals surface area contributed by atoms with E-state index in [-0.39, 0.29) is 5.91 Å². The van der Waals surface area contributed by atoms with Crippen LogP contribution in [0.4, 0.5) is 10.8 Å². The van der Waals surface area contributed by atoms with Gasteiger partial charge in [0.05, 0.1) is 17.1 Å². The van der Waals surface area contributed by atoms with Crippen LogP contribution in [0.2, 0.25) is 5.15 Å². The third-order valence-corrected chi connectivity index (χ3v) is 5.42. The second kappa shape index (κ2) is 8.71. The Bertz CT molecular complexity index is 991. The Balaban J connectivity index is 1.92. The van der Waals surface area contributed by atoms with Gasteiger partial charge in [-0.3, -0.25) is 14.4 Å². The van der Waals surface area contributed by atoms with Gasteiger partial charge in [0.1, 0.15) is 5.15 Å². The molecule has 146 valence electrons. The molecule has 0 spiro atoms. The molecule has 0 radical (unpaired) electrons. The first-order chi connectivity index (χ1) is 13.4. The van der Waals surface area contributed by atoms with E-state index >= 15 is 0 Å². The molecule has 0 aliphatic rings. The van der Waals surface area contributed by atoms with Gasteiger partial charge in [-0.1, -0.05) is 43.6 Å². The molecule has 28 heavy (non-hydrogen) atoms. The first-order valence-corrected chi connectivity index (χ1v) is 10.3. The van der Waals surface area contributed by atoms with Gasteiger partial charge in [-0.15, -0.1) is 11.3 Å². The number of aromatic nitrogens is 3. The summed E-state index contributed by atoms with van der Waals surface area (Å²) in [6, 6.07) is 9.50. The SMILES string of the molecule is Cc1csc(N(C(=O)/C=C/c2c(C)nn(CC(C)C)c2Cl)c2ccccc2)n1. The Hall–Kier alpha value is -2.44. The molecule has 0 atom stereocenters. The highest BCUT2D eigenvalue weighted by Gasteiger charge is 2.19. The molecule has 2 heterocycles. The van der Waals surface area contributed by atoms with E-state index in [9.17, 15) is 4.79 Å². The molecule has 3 aromatic rings. The maximum atomic E-state index is 13.1. The zero-order valence-electron chi connectivity index (χ0n) is 16.4. The van der Waals surface area contributed by atoms with Crippen LogP contribution in [-0.4, -0.2) is 20.7 Å². The van der Waals surface area contributed by atoms with Crippen LogP contribution in [0.1, 0.15) is 30.8 Å². The van der Waals surface area contributed by atoms with Crippen molar-refractivity contribution in [2.45, 2.75) is 34.2 Å². The predicted molar refractivity (Wildman–Crippen MR) is 116 cm³/mol. The minimum atomic E-state index is -0.187. The lowest BCUT2D eigenvalue weighted by Crippen LogP contribution is -2.23. The molecule has 0 N–H and O–H groups in total. The normalized spacial score (nSPS) is 11.5. The molecule has 0 bridgehead atoms. The predicted octanol–water partition coefficient (Wildman–Crippen LogP) is 5.64. The van der Waals surface area contributed by atoms with Crippen molar-refractivity contribution >= 4 is 45.7 Å². The van der Waals surface area contributed by atoms with Gasteiger partial charge in [-0.2, -0.15) is 5.10 Å². The van der Waals surface area contributed by atoms with E-state index in [2.05, 4.69) is 23.9 Å². The highest BCUT2D eigenvalue weighted by molar-refractivity contribution is 7.14. The van der Waals surface area contributed by atoms with E-state index in [0.29, 0.717) is 16.2 Å². The lowest BCUT2D eigenvalue weighted by Gasteiger charge is -2.18. The summed E-state index contributed by atoms with van der Waals surface area (Å²) in [5.41, 5.74) is 3.21. The van der Waals surface area contributed by atoms with E-state index in [1.807, 2.05) is 49.6 Å². The number of halogens is 1. The fourth-order valence-electron chi connectivity index (χ4n) is 2.81. The number of nitrogens with zero attached hydrogens (tertiary/aromatic N) is 4. The Morgan fingerprint density at radius 1 is 1.29 bits per heavy atom. The van der Waals surface area contributed by atoms with Crippen LogP contribution >= 0.6 is 22.9 Å². The zero-order chi connectivity index (χ0) is 20.3. The summed E-state index contributed by atoms with van der Waals surface area (Å²) in [5.74, 6) is 0.240. The second-order valence-corrected chi connectivity index (χ2v) is 8.17. The fraction of sp³-hybridized carbons (Fsp3) is 0.286. The highest BCUT2D eigenvalue weighted by atomic mass is 35.5. The number of hydrogen-bond donors (Lipinski definition) is 0. The number of para-hydroxylation sites is 1. The molecule has 0 aliphatic heterocycles. The first-order valence-electron chi connectivity index (χ1n) is 9.09. The third kappa shape index (κ3) is 4.51. The van der Waals surface area contributed by atoms with Crippen LogP contribution < -0.4 is 4.90 Å². The second-order valence-electron chi connectivity index (χ2n) is 6.98. The Labute approximate surface area is 174 Å². The summed E-state index contributed by atoms with van der Waals surface area (Å²) in [7, 11) is 0. The van der Waals surface area contributed by atoms with Gasteiger partial charge in [0.2, 0.25) is 0 Å². The average Bonchev–Trinajstić information content (AvgIpc) is 3.18. The number of thiazole rings is 1. The quantitative estimate of drug-likeness (QED) is 0.490. The number of aryl methyl sites for hydroxylation is 2. The van der Waals surface area contributed by atoms with Crippen molar-refractivity contribution in [1.82, 2.24) is 14.8 Å². The van der Waals surface area contributed by atoms with Crippen LogP contribution in [0.5, 0.6) is 0 Å². The number of benzene rings is 1. The van der Waals surface area contributed by atoms with E-state index in [4.69, 9.17) is 11.6 Å². The summed E-state index contributed by atoms with van der Waals surface area (Å²) in [5, 5.41) is 7.60. The smallest absolute Gasteiger partial charge is 0.257 e. The van der Waals surface area contributed by atoms with Crippen LogP contribution in [0, 0.1) is 19.8 Å². The maximum Gasteiger partial charge on any atom is 0.257 e. The highest BCUT2D eigenvalue weighted by Crippen LogP contribution is 2.29. The number of carbonyl (C=O) groups is 1. The fourth-order valence-corrected chi connectivity index (χ4v) is 3.94. The van der Waals surface area contributed by atoms with Crippen LogP contribution in [0.3, 0.4) is 0 Å². The molecule has 0 unspecified atom stereocenters. The molecule has 2 aromatic heterocycles. The van der Waals surface area contributed by atoms with Gasteiger partial charge in [-0.05, 0) is 38.0 Å². The van der Waals surface area contributed by atoms with Crippen molar-refractivity contribution in [3.05, 3.63) is 63.9 Å². The minimum Gasteiger partial charge on any atom is -0.269 e. The topological polar surface area (TPSA) is 51.0 Å². The summed E-state index contributed by atoms with van der Waals surface area (Å²) in [6.07, 6.45) is 3.26. The average molecular weight is 415 g/mol. The van der Waals surface area contributed by atoms with E-state index < -0.39 is 0 Å². The molecule has 1 amide bonds. The molecule has 0 saturated heterocycles. The number of carbonyl (C=O) groups excluding carboxylic acids is 1. The van der Waals surface area contributed by atoms with Crippen molar-refractivity contribution in [3.63, 3.8) is 0 Å². The Morgan fingerprint density at radius 2 is 2.00 bits per heavy atom. The number of rotatable bonds is 6. The van der Waals surface area contributed by atoms with Crippen molar-refractivity contribution in [1.29, 1.82) is 0 Å². The molecule has 0 aliphatic carbocycles. The van der Waals surface area contributed by atoms with Crippen LogP contribution in [0.15, 0.2) is 41.8 Å². The molecular formula is C21H23ClN4OS. The Morgan fingerprint density at radius 3 is 2.61 bits per heavy atom. The Kier molecular flexibility index (Phi) is 6.31. The summed E-state index contributed by atoms with van der Waals surface area (Å²) in [6.45, 7) is 8.76. The first kappa shape index (κ1) is 20.3. The maximum absolute atomic E-state index is 13.1. The third-order valence-electron chi connectivity index (χ3n) is 4.07. The van der Waals surface area contributed by atoms with Crippen molar-refractivity contribution in [2.75, 3.05) is 4.90 Å². The standard InChI is InChI=1S/C21H23ClN4OS/c1-14(2)12-25-20(22)18(16(4)24-25)10-11-19(27)26(17-8-6-5-7-9-17)21-23-15(3)13-28-21/h5-11,13-14H,12H2,1-4H3/b11-10+. The van der Waals surface area contributed by atoms with Crippen molar-refractivity contribution in [3.8, 4) is 0 Å². The van der Waals surface area contributed by atoms with Crippen molar-refractivity contribution in [2.24, 2.45) is 5.92 Å². The molecule has 3 rings (SSSR count). The number of amides is 1. The van der Waals surface area contributed by atoms with Gasteiger partial charge in [0.25, 0.3) is 5.91 Å². The molecule has 0 saturated carbocycles. The molecule has 7 heteroatoms. The van der Waals surface area contributed by atoms with E-state index in [1.54, 1.807) is 15.7 Å². The molecule has 0 fully saturated rings. The van der Waals surface area contributed by atoms with Crippen molar-refractivity contribution < 1.29 is 4.79 Å². The largest absolute Gasteiger partial charge is 0.269 e. The minimum absolute atomic E-state index is 0.187. The lowest BCUT2D eigenvalue weighted by atomic mass is 10.2. The lowest BCUT2D eigenvalue weighted by molar-refractivity contribution is -0.113. The van der Waals surface area contributed by atoms with Crippen LogP contribution in [-0.2, 0) is 11.3 Å². The van der Waals surface area contributed by atoms with Gasteiger partial charge in [0.15, 0.2) is 5.13 Å². The summed E-state index contributed by atoms with van der Waals surface area (Å²) >= 11 is 7.93. The zero-order valence-corrected chi connectivity index (χ0v) is 18.0. The van der Waals surface area contributed by atoms with Gasteiger partial charge >= 0.3 is 0 Å².